The van der Waals surface area contributed by atoms with E-state index in [1.165, 1.54) is 0 Å². The van der Waals surface area contributed by atoms with Crippen LogP contribution in [0.4, 0.5) is 0 Å². The molecule has 0 aromatic heterocycles. The molecule has 0 bridgehead atoms. The molecule has 17 heavy (non-hydrogen) atoms. The van der Waals surface area contributed by atoms with Crippen LogP contribution in [0.15, 0.2) is 48.5 Å². The highest BCUT2D eigenvalue weighted by Gasteiger charge is 2.29. The summed E-state index contributed by atoms with van der Waals surface area (Å²) in [4.78, 5) is 0. The Kier molecular flexibility index (Phi) is 3.89. The van der Waals surface area contributed by atoms with Gasteiger partial charge in [0.25, 0.3) is 0 Å². The highest BCUT2D eigenvalue weighted by Crippen LogP contribution is 2.41. The van der Waals surface area contributed by atoms with E-state index in [-0.39, 0.29) is 0 Å². The molecule has 0 atom stereocenters. The van der Waals surface area contributed by atoms with Crippen LogP contribution in [-0.2, 0) is 4.33 Å². The second-order valence-electron chi connectivity index (χ2n) is 3.59. The minimum absolute atomic E-state index is 0.599. The highest BCUT2D eigenvalue weighted by atomic mass is 35.5. The number of hydrogen-bond acceptors (Lipinski definition) is 0. The van der Waals surface area contributed by atoms with Crippen molar-refractivity contribution in [1.82, 2.24) is 0 Å². The van der Waals surface area contributed by atoms with Crippen LogP contribution in [0.2, 0.25) is 10.0 Å². The quantitative estimate of drug-likeness (QED) is 0.627. The fraction of sp³-hybridized carbons (Fsp3) is 0.0769. The molecule has 2 aromatic rings. The summed E-state index contributed by atoms with van der Waals surface area (Å²) in [6, 6.07) is 14.3. The SMILES string of the molecule is Clc1ccc(C(Cl)(Cl)c2cccc(Cl)c2)cc1. The van der Waals surface area contributed by atoms with Crippen molar-refractivity contribution in [3.63, 3.8) is 0 Å². The van der Waals surface area contributed by atoms with Crippen molar-refractivity contribution in [2.75, 3.05) is 0 Å². The van der Waals surface area contributed by atoms with Gasteiger partial charge in [0.1, 0.15) is 0 Å². The van der Waals surface area contributed by atoms with E-state index in [1.54, 1.807) is 36.4 Å². The lowest BCUT2D eigenvalue weighted by Crippen LogP contribution is -2.11. The third-order valence-electron chi connectivity index (χ3n) is 2.39. The number of benzene rings is 2. The molecule has 4 heteroatoms. The van der Waals surface area contributed by atoms with Crippen molar-refractivity contribution in [1.29, 1.82) is 0 Å². The first kappa shape index (κ1) is 13.0. The molecule has 0 saturated carbocycles. The summed E-state index contributed by atoms with van der Waals surface area (Å²) in [7, 11) is 0. The molecule has 0 heterocycles. The molecule has 0 spiro atoms. The second kappa shape index (κ2) is 5.07. The molecule has 0 N–H and O–H groups in total. The van der Waals surface area contributed by atoms with Gasteiger partial charge in [-0.05, 0) is 35.4 Å². The molecule has 0 aliphatic rings. The van der Waals surface area contributed by atoms with Gasteiger partial charge in [0, 0.05) is 10.0 Å². The highest BCUT2D eigenvalue weighted by molar-refractivity contribution is 6.50. The molecular formula is C13H8Cl4. The van der Waals surface area contributed by atoms with Crippen molar-refractivity contribution in [2.45, 2.75) is 4.33 Å². The molecule has 0 fully saturated rings. The van der Waals surface area contributed by atoms with Crippen LogP contribution in [0.1, 0.15) is 11.1 Å². The standard InChI is InChI=1S/C13H8Cl4/c14-11-6-4-9(5-7-11)13(16,17)10-2-1-3-12(15)8-10/h1-8H. The van der Waals surface area contributed by atoms with Crippen molar-refractivity contribution in [3.8, 4) is 0 Å². The van der Waals surface area contributed by atoms with Crippen LogP contribution in [0.25, 0.3) is 0 Å². The Morgan fingerprint density at radius 3 is 1.94 bits per heavy atom. The van der Waals surface area contributed by atoms with Gasteiger partial charge in [-0.1, -0.05) is 70.7 Å². The molecule has 0 aliphatic heterocycles. The minimum Gasteiger partial charge on any atom is -0.0909 e. The van der Waals surface area contributed by atoms with Gasteiger partial charge in [-0.25, -0.2) is 0 Å². The molecular weight excluding hydrogens is 298 g/mol. The summed E-state index contributed by atoms with van der Waals surface area (Å²) in [5.74, 6) is 0. The summed E-state index contributed by atoms with van der Waals surface area (Å²) in [6.45, 7) is 0. The van der Waals surface area contributed by atoms with Gasteiger partial charge < -0.3 is 0 Å². The Labute approximate surface area is 120 Å². The molecule has 0 amide bonds. The van der Waals surface area contributed by atoms with Gasteiger partial charge in [0.2, 0.25) is 0 Å². The molecule has 88 valence electrons. The van der Waals surface area contributed by atoms with Gasteiger partial charge >= 0.3 is 0 Å². The Morgan fingerprint density at radius 2 is 1.35 bits per heavy atom. The number of rotatable bonds is 2. The van der Waals surface area contributed by atoms with Crippen molar-refractivity contribution in [2.24, 2.45) is 0 Å². The van der Waals surface area contributed by atoms with Crippen LogP contribution in [0.3, 0.4) is 0 Å². The number of halogens is 4. The molecule has 2 aromatic carbocycles. The number of alkyl halides is 2. The summed E-state index contributed by atoms with van der Waals surface area (Å²) in [6.07, 6.45) is 0. The number of hydrogen-bond donors (Lipinski definition) is 0. The predicted octanol–water partition coefficient (Wildman–Crippen LogP) is 5.67. The summed E-state index contributed by atoms with van der Waals surface area (Å²) >= 11 is 24.5. The Balaban J connectivity index is 2.45. The van der Waals surface area contributed by atoms with E-state index >= 15 is 0 Å². The molecule has 0 radical (unpaired) electrons. The van der Waals surface area contributed by atoms with E-state index in [0.29, 0.717) is 10.0 Å². The third-order valence-corrected chi connectivity index (χ3v) is 3.75. The van der Waals surface area contributed by atoms with Crippen molar-refractivity contribution in [3.05, 3.63) is 69.7 Å². The zero-order valence-electron chi connectivity index (χ0n) is 8.63. The van der Waals surface area contributed by atoms with Crippen LogP contribution >= 0.6 is 46.4 Å². The first-order valence-electron chi connectivity index (χ1n) is 4.90. The smallest absolute Gasteiger partial charge is 0.0909 e. The maximum absolute atomic E-state index is 6.38. The lowest BCUT2D eigenvalue weighted by molar-refractivity contribution is 1.04. The maximum Gasteiger partial charge on any atom is 0.168 e. The summed E-state index contributed by atoms with van der Waals surface area (Å²) < 4.78 is -1.13. The fourth-order valence-electron chi connectivity index (χ4n) is 1.51. The fourth-order valence-corrected chi connectivity index (χ4v) is 2.31. The van der Waals surface area contributed by atoms with Gasteiger partial charge in [0.15, 0.2) is 4.33 Å². The van der Waals surface area contributed by atoms with Gasteiger partial charge in [-0.2, -0.15) is 0 Å². The zero-order valence-corrected chi connectivity index (χ0v) is 11.7. The third kappa shape index (κ3) is 2.89. The zero-order chi connectivity index (χ0) is 12.5. The van der Waals surface area contributed by atoms with Gasteiger partial charge in [-0.15, -0.1) is 0 Å². The monoisotopic (exact) mass is 304 g/mol. The van der Waals surface area contributed by atoms with Crippen molar-refractivity contribution >= 4 is 46.4 Å². The Hall–Kier alpha value is -0.400. The van der Waals surface area contributed by atoms with E-state index in [1.807, 2.05) is 12.1 Å². The van der Waals surface area contributed by atoms with Crippen LogP contribution in [0.5, 0.6) is 0 Å². The van der Waals surface area contributed by atoms with E-state index in [9.17, 15) is 0 Å². The van der Waals surface area contributed by atoms with Crippen LogP contribution < -0.4 is 0 Å². The average molecular weight is 306 g/mol. The average Bonchev–Trinajstić information content (AvgIpc) is 2.29. The topological polar surface area (TPSA) is 0 Å². The van der Waals surface area contributed by atoms with Gasteiger partial charge in [0.05, 0.1) is 0 Å². The van der Waals surface area contributed by atoms with E-state index < -0.39 is 4.33 Å². The lowest BCUT2D eigenvalue weighted by atomic mass is 10.0. The normalized spacial score (nSPS) is 11.5. The van der Waals surface area contributed by atoms with Crippen LogP contribution in [-0.4, -0.2) is 0 Å². The molecule has 0 saturated heterocycles. The molecule has 0 unspecified atom stereocenters. The van der Waals surface area contributed by atoms with Crippen molar-refractivity contribution < 1.29 is 0 Å². The lowest BCUT2D eigenvalue weighted by Gasteiger charge is -2.20. The van der Waals surface area contributed by atoms with E-state index in [0.717, 1.165) is 11.1 Å². The molecule has 2 rings (SSSR count). The van der Waals surface area contributed by atoms with Gasteiger partial charge in [-0.3, -0.25) is 0 Å². The minimum atomic E-state index is -1.13. The Morgan fingerprint density at radius 1 is 0.706 bits per heavy atom. The molecule has 0 nitrogen and oxygen atoms in total. The van der Waals surface area contributed by atoms with E-state index in [2.05, 4.69) is 0 Å². The summed E-state index contributed by atoms with van der Waals surface area (Å²) in [5.41, 5.74) is 1.49. The molecule has 0 aliphatic carbocycles. The van der Waals surface area contributed by atoms with E-state index in [4.69, 9.17) is 46.4 Å². The second-order valence-corrected chi connectivity index (χ2v) is 5.79. The maximum atomic E-state index is 6.38. The predicted molar refractivity (Wildman–Crippen MR) is 75.4 cm³/mol. The first-order chi connectivity index (χ1) is 8.00. The Bertz CT molecular complexity index is 517. The first-order valence-corrected chi connectivity index (χ1v) is 6.41. The largest absolute Gasteiger partial charge is 0.168 e. The van der Waals surface area contributed by atoms with Crippen LogP contribution in [0, 0.1) is 0 Å². The summed E-state index contributed by atoms with van der Waals surface area (Å²) in [5, 5.41) is 1.24.